The van der Waals surface area contributed by atoms with Crippen LogP contribution in [0, 0.1) is 11.8 Å². The van der Waals surface area contributed by atoms with Gasteiger partial charge in [0.1, 0.15) is 18.1 Å². The molecule has 10 amide bonds. The van der Waals surface area contributed by atoms with Gasteiger partial charge in [-0.2, -0.15) is 19.8 Å². The van der Waals surface area contributed by atoms with Crippen molar-refractivity contribution in [1.82, 2.24) is 36.2 Å². The zero-order chi connectivity index (χ0) is 50.9. The van der Waals surface area contributed by atoms with E-state index in [1.807, 2.05) is 0 Å². The molecule has 0 radical (unpaired) electrons. The molecule has 68 heavy (non-hydrogen) atoms. The second kappa shape index (κ2) is 28.8. The standard InChI is InChI=1S/C42H60N16O10/c1-25(2)32(57(54-52-46)36(61)27-15-7-5-8-16-27)34(59)50-29(19-13-23-48-41(44)67)38(63)56(31(40(65)66)21-11-12-22-43)39(64)30(20-14-24-49-42(45)68)51-35(60)33(26(3)4)58(55-53-47)37(62)28-17-9-6-10-18-28/h5-10,15-18,25-26,29-33H,11-14,19-24,43H2,1-4H3,(H,50,59)(H,51,60)(H,65,66)(H3,44,48,67)(H3,45,49,68)/t29-,30-,31-,32-,33-/m0/s1. The van der Waals surface area contributed by atoms with Crippen LogP contribution in [0.1, 0.15) is 93.4 Å². The Kier molecular flexibility index (Phi) is 23.8. The number of hydrogen-bond acceptors (Lipinski definition) is 12. The molecule has 0 unspecified atom stereocenters. The van der Waals surface area contributed by atoms with Crippen molar-refractivity contribution in [1.29, 1.82) is 0 Å². The number of aliphatic carboxylic acids is 1. The molecule has 0 aliphatic rings. The molecule has 0 aliphatic carbocycles. The predicted molar refractivity (Wildman–Crippen MR) is 244 cm³/mol. The molecule has 0 fully saturated rings. The first-order valence-corrected chi connectivity index (χ1v) is 21.7. The molecule has 2 rings (SSSR count). The number of carboxylic acids is 1. The number of benzene rings is 2. The Balaban J connectivity index is 2.85. The summed E-state index contributed by atoms with van der Waals surface area (Å²) in [6.45, 7) is 5.84. The molecule has 0 saturated heterocycles. The van der Waals surface area contributed by atoms with E-state index in [1.165, 1.54) is 76.2 Å². The molecule has 11 N–H and O–H groups in total. The minimum atomic E-state index is -1.96. The Morgan fingerprint density at radius 3 is 1.31 bits per heavy atom. The average Bonchev–Trinajstić information content (AvgIpc) is 3.29. The highest BCUT2D eigenvalue weighted by Crippen LogP contribution is 2.22. The summed E-state index contributed by atoms with van der Waals surface area (Å²) in [5.74, 6) is -9.80. The molecule has 0 aromatic heterocycles. The predicted octanol–water partition coefficient (Wildman–Crippen LogP) is 2.58. The number of nitrogens with one attached hydrogen (secondary N) is 4. The van der Waals surface area contributed by atoms with Gasteiger partial charge in [0.2, 0.25) is 0 Å². The van der Waals surface area contributed by atoms with Gasteiger partial charge < -0.3 is 43.6 Å². The van der Waals surface area contributed by atoms with Gasteiger partial charge in [0.15, 0.2) is 12.1 Å². The van der Waals surface area contributed by atoms with Crippen molar-refractivity contribution in [2.24, 2.45) is 39.5 Å². The number of imide groups is 1. The van der Waals surface area contributed by atoms with E-state index in [0.29, 0.717) is 14.9 Å². The third kappa shape index (κ3) is 17.1. The van der Waals surface area contributed by atoms with Crippen LogP contribution in [-0.2, 0) is 24.0 Å². The van der Waals surface area contributed by atoms with E-state index in [9.17, 15) is 49.7 Å². The maximum Gasteiger partial charge on any atom is 0.344 e. The number of unbranched alkanes of at least 4 members (excludes halogenated alkanes) is 1. The van der Waals surface area contributed by atoms with E-state index in [4.69, 9.17) is 17.2 Å². The van der Waals surface area contributed by atoms with E-state index in [1.54, 1.807) is 12.1 Å². The first kappa shape index (κ1) is 56.2. The van der Waals surface area contributed by atoms with Gasteiger partial charge in [0, 0.05) is 24.9 Å². The summed E-state index contributed by atoms with van der Waals surface area (Å²) >= 11 is 0. The fourth-order valence-corrected chi connectivity index (χ4v) is 7.01. The summed E-state index contributed by atoms with van der Waals surface area (Å²) in [5.41, 5.74) is 35.2. The third-order valence-electron chi connectivity index (χ3n) is 10.2. The van der Waals surface area contributed by atoms with Gasteiger partial charge in [0.05, 0.1) is 11.1 Å². The Labute approximate surface area is 391 Å². The number of rotatable bonds is 28. The summed E-state index contributed by atoms with van der Waals surface area (Å²) in [6, 6.07) is 4.38. The number of primary amides is 2. The van der Waals surface area contributed by atoms with Crippen LogP contribution in [-0.4, -0.2) is 123 Å². The molecule has 26 nitrogen and oxygen atoms in total. The molecule has 0 saturated carbocycles. The lowest BCUT2D eigenvalue weighted by molar-refractivity contribution is -0.161. The molecule has 0 heterocycles. The van der Waals surface area contributed by atoms with Gasteiger partial charge in [-0.1, -0.05) is 64.1 Å². The van der Waals surface area contributed by atoms with Crippen molar-refractivity contribution in [2.45, 2.75) is 103 Å². The van der Waals surface area contributed by atoms with Crippen LogP contribution in [0.4, 0.5) is 9.59 Å². The molecule has 2 aromatic carbocycles. The molecular formula is C42H60N16O10. The van der Waals surface area contributed by atoms with Crippen molar-refractivity contribution in [3.05, 3.63) is 92.7 Å². The van der Waals surface area contributed by atoms with Crippen molar-refractivity contribution in [3.8, 4) is 0 Å². The van der Waals surface area contributed by atoms with Gasteiger partial charge in [-0.3, -0.25) is 24.1 Å². The number of hydrogen-bond donors (Lipinski definition) is 8. The highest BCUT2D eigenvalue weighted by Gasteiger charge is 2.45. The zero-order valence-corrected chi connectivity index (χ0v) is 38.3. The molecular weight excluding hydrogens is 889 g/mol. The van der Waals surface area contributed by atoms with E-state index in [-0.39, 0.29) is 75.7 Å². The number of amides is 10. The molecule has 0 aliphatic heterocycles. The Morgan fingerprint density at radius 1 is 0.618 bits per heavy atom. The largest absolute Gasteiger partial charge is 0.480 e. The average molecular weight is 949 g/mol. The van der Waals surface area contributed by atoms with Crippen molar-refractivity contribution in [3.63, 3.8) is 0 Å². The smallest absolute Gasteiger partial charge is 0.344 e. The van der Waals surface area contributed by atoms with Crippen LogP contribution in [0.3, 0.4) is 0 Å². The summed E-state index contributed by atoms with van der Waals surface area (Å²) in [5, 5.41) is 28.5. The zero-order valence-electron chi connectivity index (χ0n) is 38.3. The van der Waals surface area contributed by atoms with Gasteiger partial charge in [-0.25, -0.2) is 24.0 Å². The van der Waals surface area contributed by atoms with Crippen LogP contribution in [0.2, 0.25) is 0 Å². The lowest BCUT2D eigenvalue weighted by atomic mass is 9.98. The van der Waals surface area contributed by atoms with E-state index in [2.05, 4.69) is 41.5 Å². The Morgan fingerprint density at radius 2 is 1.00 bits per heavy atom. The van der Waals surface area contributed by atoms with Crippen LogP contribution in [0.15, 0.2) is 71.1 Å². The quantitative estimate of drug-likeness (QED) is 0.0201. The molecule has 2 aromatic rings. The van der Waals surface area contributed by atoms with Crippen molar-refractivity contribution >= 4 is 53.5 Å². The Bertz CT molecular complexity index is 2030. The summed E-state index contributed by atoms with van der Waals surface area (Å²) in [7, 11) is 0. The normalized spacial score (nSPS) is 12.9. The van der Waals surface area contributed by atoms with Gasteiger partial charge >= 0.3 is 29.8 Å². The highest BCUT2D eigenvalue weighted by atomic mass is 16.4. The fraction of sp³-hybridized carbons (Fsp3) is 0.500. The maximum atomic E-state index is 15.1. The minimum Gasteiger partial charge on any atom is -0.480 e. The molecule has 5 atom stereocenters. The van der Waals surface area contributed by atoms with Gasteiger partial charge in [-0.15, -0.1) is 11.1 Å². The van der Waals surface area contributed by atoms with Gasteiger partial charge in [-0.05, 0) is 86.2 Å². The SMILES string of the molecule is CC(C)[C@@H](C(=O)N[C@@H](CCCNC(N)=O)C(=O)N(C(=O)[C@H](CCCNC(N)=O)NC(=O)[C@H](C(C)C)N(N=[N+]=[N-])C(=O)c1ccccc1)[C@@H](CCCCN)C(=O)O)N(N=[N+]=[N-])C(=O)c1ccccc1. The molecule has 0 bridgehead atoms. The molecule has 26 heteroatoms. The van der Waals surface area contributed by atoms with E-state index >= 15 is 9.59 Å². The summed E-state index contributed by atoms with van der Waals surface area (Å²) in [6.07, 6.45) is -1.04. The monoisotopic (exact) mass is 948 g/mol. The fourth-order valence-electron chi connectivity index (χ4n) is 7.01. The lowest BCUT2D eigenvalue weighted by Crippen LogP contribution is -2.63. The highest BCUT2D eigenvalue weighted by molar-refractivity contribution is 6.06. The van der Waals surface area contributed by atoms with Crippen LogP contribution >= 0.6 is 0 Å². The second-order valence-electron chi connectivity index (χ2n) is 15.9. The van der Waals surface area contributed by atoms with E-state index < -0.39 is 95.5 Å². The number of carbonyl (C=O) groups is 9. The third-order valence-corrected chi connectivity index (χ3v) is 10.2. The number of urea groups is 2. The molecule has 368 valence electrons. The van der Waals surface area contributed by atoms with E-state index in [0.717, 1.165) is 0 Å². The van der Waals surface area contributed by atoms with Crippen LogP contribution < -0.4 is 38.5 Å². The molecule has 0 spiro atoms. The second-order valence-corrected chi connectivity index (χ2v) is 15.9. The summed E-state index contributed by atoms with van der Waals surface area (Å²) in [4.78, 5) is 129. The number of carboxylic acid groups (broad SMARTS) is 1. The van der Waals surface area contributed by atoms with Crippen LogP contribution in [0.5, 0.6) is 0 Å². The van der Waals surface area contributed by atoms with Crippen molar-refractivity contribution < 1.29 is 48.3 Å². The number of nitrogens with two attached hydrogens (primary N) is 3. The van der Waals surface area contributed by atoms with Gasteiger partial charge in [0.25, 0.3) is 23.6 Å². The number of nitrogens with zero attached hydrogens (tertiary/aromatic N) is 9. The Hall–Kier alpha value is -7.95. The summed E-state index contributed by atoms with van der Waals surface area (Å²) < 4.78 is 0. The number of azide groups is 2. The van der Waals surface area contributed by atoms with Crippen LogP contribution in [0.25, 0.3) is 20.9 Å². The first-order valence-electron chi connectivity index (χ1n) is 21.7. The number of carbonyl (C=O) groups excluding carboxylic acids is 8. The first-order chi connectivity index (χ1) is 32.3. The lowest BCUT2D eigenvalue weighted by Gasteiger charge is -2.35. The topological polar surface area (TPSA) is 407 Å². The van der Waals surface area contributed by atoms with Crippen molar-refractivity contribution in [2.75, 3.05) is 19.6 Å². The maximum absolute atomic E-state index is 15.1. The minimum absolute atomic E-state index is 0.0351.